The third-order valence-corrected chi connectivity index (χ3v) is 10.3. The molecule has 12 heteroatoms. The largest absolute Gasteiger partial charge is 0.494 e. The monoisotopic (exact) mass is 667 g/mol. The maximum atomic E-state index is 12.9. The third-order valence-electron chi connectivity index (χ3n) is 8.45. The maximum Gasteiger partial charge on any atom is 0.247 e. The lowest BCUT2D eigenvalue weighted by molar-refractivity contribution is -0.111. The summed E-state index contributed by atoms with van der Waals surface area (Å²) in [4.78, 5) is 26.5. The average molecular weight is 668 g/mol. The Morgan fingerprint density at radius 1 is 1.02 bits per heavy atom. The van der Waals surface area contributed by atoms with E-state index in [0.717, 1.165) is 31.6 Å². The van der Waals surface area contributed by atoms with E-state index in [2.05, 4.69) is 42.3 Å². The number of hydrogen-bond acceptors (Lipinski definition) is 9. The van der Waals surface area contributed by atoms with E-state index in [1.807, 2.05) is 36.4 Å². The number of anilines is 6. The Kier molecular flexibility index (Phi) is 12.1. The lowest BCUT2D eigenvalue weighted by atomic mass is 10.0. The lowest BCUT2D eigenvalue weighted by Gasteiger charge is -2.39. The standard InChI is InChI=1S/C33H43ClN7O3P.CH4/c1-5-31(42)36-26-20-27(29(44-2)21-28(26)41-18-14-23(15-19-41)40-16-10-6-7-11-17-40)38-33-35-22-24(34)32(39-33)37-25-12-8-9-13-30(25)45(3,4)43;/h5,8-9,12-13,20-23H,1,6-7,10-11,14-19H2,2-4H3,(H,36,42)(H2,35,37,38,39);1H4. The number of hydrogen-bond donors (Lipinski definition) is 3. The summed E-state index contributed by atoms with van der Waals surface area (Å²) >= 11 is 6.47. The van der Waals surface area contributed by atoms with Crippen LogP contribution in [0.4, 0.5) is 34.5 Å². The molecule has 0 aliphatic carbocycles. The minimum atomic E-state index is -2.56. The Morgan fingerprint density at radius 3 is 2.37 bits per heavy atom. The lowest BCUT2D eigenvalue weighted by Crippen LogP contribution is -2.45. The molecular formula is C34H47ClN7O3P. The Hall–Kier alpha value is -3.59. The van der Waals surface area contributed by atoms with Gasteiger partial charge in [-0.15, -0.1) is 0 Å². The number of benzene rings is 2. The number of amides is 1. The van der Waals surface area contributed by atoms with Crippen LogP contribution in [0, 0.1) is 0 Å². The summed E-state index contributed by atoms with van der Waals surface area (Å²) in [5, 5.41) is 10.5. The second-order valence-electron chi connectivity index (χ2n) is 11.9. The van der Waals surface area contributed by atoms with Crippen molar-refractivity contribution in [2.24, 2.45) is 0 Å². The van der Waals surface area contributed by atoms with Crippen molar-refractivity contribution in [3.63, 3.8) is 0 Å². The van der Waals surface area contributed by atoms with Crippen molar-refractivity contribution in [3.8, 4) is 5.75 Å². The Balaban J connectivity index is 0.00000480. The number of likely N-dealkylation sites (tertiary alicyclic amines) is 1. The van der Waals surface area contributed by atoms with Crippen LogP contribution in [0.3, 0.4) is 0 Å². The third kappa shape index (κ3) is 8.60. The van der Waals surface area contributed by atoms with Crippen LogP contribution in [0.2, 0.25) is 5.02 Å². The van der Waals surface area contributed by atoms with Gasteiger partial charge in [-0.05, 0) is 76.4 Å². The summed E-state index contributed by atoms with van der Waals surface area (Å²) in [5.74, 6) is 0.899. The van der Waals surface area contributed by atoms with E-state index >= 15 is 0 Å². The van der Waals surface area contributed by atoms with E-state index < -0.39 is 7.14 Å². The van der Waals surface area contributed by atoms with Gasteiger partial charge >= 0.3 is 0 Å². The maximum absolute atomic E-state index is 12.9. The minimum Gasteiger partial charge on any atom is -0.494 e. The number of methoxy groups -OCH3 is 1. The molecule has 2 aromatic carbocycles. The van der Waals surface area contributed by atoms with Crippen molar-refractivity contribution in [2.75, 3.05) is 67.5 Å². The molecule has 248 valence electrons. The van der Waals surface area contributed by atoms with Crippen LogP contribution in [0.25, 0.3) is 0 Å². The van der Waals surface area contributed by atoms with Crippen LogP contribution >= 0.6 is 18.7 Å². The van der Waals surface area contributed by atoms with Gasteiger partial charge in [0.15, 0.2) is 5.82 Å². The van der Waals surface area contributed by atoms with Crippen LogP contribution in [-0.2, 0) is 9.36 Å². The normalized spacial score (nSPS) is 16.1. The van der Waals surface area contributed by atoms with Crippen LogP contribution in [0.5, 0.6) is 5.75 Å². The van der Waals surface area contributed by atoms with E-state index in [-0.39, 0.29) is 19.3 Å². The van der Waals surface area contributed by atoms with Crippen LogP contribution in [0.1, 0.15) is 46.0 Å². The highest BCUT2D eigenvalue weighted by atomic mass is 35.5. The molecule has 10 nitrogen and oxygen atoms in total. The molecule has 0 saturated carbocycles. The highest BCUT2D eigenvalue weighted by molar-refractivity contribution is 7.70. The van der Waals surface area contributed by atoms with Crippen LogP contribution in [0.15, 0.2) is 55.3 Å². The van der Waals surface area contributed by atoms with Gasteiger partial charge in [0.05, 0.1) is 36.1 Å². The second-order valence-corrected chi connectivity index (χ2v) is 15.5. The van der Waals surface area contributed by atoms with Gasteiger partial charge in [0, 0.05) is 30.5 Å². The second kappa shape index (κ2) is 15.8. The van der Waals surface area contributed by atoms with Gasteiger partial charge in [-0.2, -0.15) is 4.98 Å². The molecule has 0 bridgehead atoms. The number of carbonyl (C=O) groups is 1. The van der Waals surface area contributed by atoms with Gasteiger partial charge in [-0.3, -0.25) is 4.79 Å². The van der Waals surface area contributed by atoms with Crippen molar-refractivity contribution in [2.45, 2.75) is 52.0 Å². The van der Waals surface area contributed by atoms with Crippen molar-refractivity contribution < 1.29 is 14.1 Å². The molecule has 2 aliphatic heterocycles. The van der Waals surface area contributed by atoms with Crippen molar-refractivity contribution >= 4 is 64.5 Å². The van der Waals surface area contributed by atoms with E-state index in [9.17, 15) is 9.36 Å². The molecule has 3 heterocycles. The van der Waals surface area contributed by atoms with Crippen molar-refractivity contribution in [3.05, 3.63) is 60.3 Å². The highest BCUT2D eigenvalue weighted by Gasteiger charge is 2.27. The number of para-hydroxylation sites is 1. The first-order valence-electron chi connectivity index (χ1n) is 15.5. The Labute approximate surface area is 278 Å². The van der Waals surface area contributed by atoms with E-state index in [0.29, 0.717) is 45.0 Å². The molecule has 0 radical (unpaired) electrons. The fourth-order valence-corrected chi connectivity index (χ4v) is 7.42. The molecule has 1 amide bonds. The zero-order valence-electron chi connectivity index (χ0n) is 26.3. The summed E-state index contributed by atoms with van der Waals surface area (Å²) in [6.07, 6.45) is 10.1. The first-order valence-corrected chi connectivity index (χ1v) is 18.5. The van der Waals surface area contributed by atoms with Gasteiger partial charge in [-0.25, -0.2) is 4.98 Å². The molecule has 3 aromatic rings. The molecule has 2 aliphatic rings. The fraction of sp³-hybridized carbons (Fsp3) is 0.441. The quantitative estimate of drug-likeness (QED) is 0.150. The van der Waals surface area contributed by atoms with Crippen LogP contribution in [-0.4, -0.2) is 73.4 Å². The summed E-state index contributed by atoms with van der Waals surface area (Å²) < 4.78 is 18.7. The predicted octanol–water partition coefficient (Wildman–Crippen LogP) is 7.48. The number of ether oxygens (including phenoxy) is 1. The first kappa shape index (κ1) is 35.3. The summed E-state index contributed by atoms with van der Waals surface area (Å²) in [6, 6.07) is 11.8. The number of rotatable bonds is 10. The predicted molar refractivity (Wildman–Crippen MR) is 193 cm³/mol. The van der Waals surface area contributed by atoms with Gasteiger partial charge in [-0.1, -0.05) is 50.6 Å². The van der Waals surface area contributed by atoms with E-state index in [1.54, 1.807) is 20.4 Å². The number of nitrogens with one attached hydrogen (secondary N) is 3. The number of carbonyl (C=O) groups excluding carboxylic acids is 1. The molecule has 3 N–H and O–H groups in total. The highest BCUT2D eigenvalue weighted by Crippen LogP contribution is 2.41. The molecule has 46 heavy (non-hydrogen) atoms. The van der Waals surface area contributed by atoms with Gasteiger partial charge in [0.25, 0.3) is 0 Å². The number of nitrogens with zero attached hydrogens (tertiary/aromatic N) is 4. The van der Waals surface area contributed by atoms with Crippen molar-refractivity contribution in [1.29, 1.82) is 0 Å². The summed E-state index contributed by atoms with van der Waals surface area (Å²) in [7, 11) is -0.954. The van der Waals surface area contributed by atoms with E-state index in [4.69, 9.17) is 16.3 Å². The van der Waals surface area contributed by atoms with Crippen LogP contribution < -0.4 is 30.9 Å². The number of aromatic nitrogens is 2. The fourth-order valence-electron chi connectivity index (χ4n) is 6.13. The molecule has 2 saturated heterocycles. The van der Waals surface area contributed by atoms with Gasteiger partial charge in [0.2, 0.25) is 11.9 Å². The first-order chi connectivity index (χ1) is 21.7. The molecule has 0 unspecified atom stereocenters. The summed E-state index contributed by atoms with van der Waals surface area (Å²) in [5.41, 5.74) is 2.76. The van der Waals surface area contributed by atoms with Crippen molar-refractivity contribution in [1.82, 2.24) is 14.9 Å². The smallest absolute Gasteiger partial charge is 0.247 e. The molecule has 5 rings (SSSR count). The molecule has 1 aromatic heterocycles. The Bertz CT molecular complexity index is 1560. The summed E-state index contributed by atoms with van der Waals surface area (Å²) in [6.45, 7) is 11.2. The van der Waals surface area contributed by atoms with E-state index in [1.165, 1.54) is 51.0 Å². The number of piperidine rings is 1. The SMILES string of the molecule is C.C=CC(=O)Nc1cc(Nc2ncc(Cl)c(Nc3ccccc3P(C)(C)=O)n2)c(OC)cc1N1CCC(N2CCCCCC2)CC1. The average Bonchev–Trinajstić information content (AvgIpc) is 3.32. The molecular weight excluding hydrogens is 621 g/mol. The minimum absolute atomic E-state index is 0. The molecule has 2 fully saturated rings. The van der Waals surface area contributed by atoms with Gasteiger partial charge < -0.3 is 35.1 Å². The molecule has 0 spiro atoms. The number of halogens is 1. The zero-order chi connectivity index (χ0) is 32.0. The molecule has 0 atom stereocenters. The Morgan fingerprint density at radius 2 is 1.72 bits per heavy atom. The topological polar surface area (TPSA) is 112 Å². The van der Waals surface area contributed by atoms with Gasteiger partial charge in [0.1, 0.15) is 17.9 Å². The zero-order valence-corrected chi connectivity index (χ0v) is 28.0.